The van der Waals surface area contributed by atoms with Crippen LogP contribution in [0, 0.1) is 5.82 Å². The van der Waals surface area contributed by atoms with Crippen LogP contribution < -0.4 is 0 Å². The molecule has 0 aliphatic heterocycles. The first-order valence-electron chi connectivity index (χ1n) is 7.42. The molecule has 0 saturated heterocycles. The van der Waals surface area contributed by atoms with E-state index in [4.69, 9.17) is 4.84 Å². The molecule has 0 saturated carbocycles. The Kier molecular flexibility index (Phi) is 4.81. The second-order valence-corrected chi connectivity index (χ2v) is 5.17. The van der Waals surface area contributed by atoms with Gasteiger partial charge in [0.05, 0.1) is 17.5 Å². The molecule has 4 nitrogen and oxygen atoms in total. The molecule has 5 heteroatoms. The minimum absolute atomic E-state index is 0.263. The maximum absolute atomic E-state index is 13.0. The van der Waals surface area contributed by atoms with Crippen molar-refractivity contribution in [2.24, 2.45) is 5.16 Å². The number of carbonyl (C=O) groups excluding carboxylic acids is 1. The molecule has 0 fully saturated rings. The van der Waals surface area contributed by atoms with E-state index in [1.807, 2.05) is 29.0 Å². The number of carbonyl (C=O) groups is 1. The number of nitrogens with zero attached hydrogens (tertiary/aromatic N) is 2. The zero-order valence-electron chi connectivity index (χ0n) is 12.8. The smallest absolute Gasteiger partial charge is 0.342 e. The van der Waals surface area contributed by atoms with Gasteiger partial charge in [0.15, 0.2) is 0 Å². The molecule has 0 bridgehead atoms. The van der Waals surface area contributed by atoms with Crippen molar-refractivity contribution in [3.05, 3.63) is 95.6 Å². The Labute approximate surface area is 138 Å². The van der Waals surface area contributed by atoms with Crippen LogP contribution in [0.1, 0.15) is 21.6 Å². The Hall–Kier alpha value is -3.21. The second-order valence-electron chi connectivity index (χ2n) is 5.17. The van der Waals surface area contributed by atoms with E-state index in [2.05, 4.69) is 5.16 Å². The predicted molar refractivity (Wildman–Crippen MR) is 89.4 cm³/mol. The lowest BCUT2D eigenvalue weighted by molar-refractivity contribution is 0.0519. The van der Waals surface area contributed by atoms with Crippen molar-refractivity contribution in [1.29, 1.82) is 0 Å². The van der Waals surface area contributed by atoms with Crippen molar-refractivity contribution >= 4 is 12.2 Å². The molecule has 3 aromatic rings. The fourth-order valence-electron chi connectivity index (χ4n) is 2.23. The summed E-state index contributed by atoms with van der Waals surface area (Å²) < 4.78 is 14.9. The van der Waals surface area contributed by atoms with E-state index in [0.29, 0.717) is 12.1 Å². The average Bonchev–Trinajstić information content (AvgIpc) is 3.05. The van der Waals surface area contributed by atoms with Gasteiger partial charge in [0.25, 0.3) is 0 Å². The van der Waals surface area contributed by atoms with Gasteiger partial charge in [0, 0.05) is 12.7 Å². The molecule has 1 heterocycles. The van der Waals surface area contributed by atoms with E-state index >= 15 is 0 Å². The van der Waals surface area contributed by atoms with Gasteiger partial charge in [0.1, 0.15) is 5.82 Å². The molecule has 3 rings (SSSR count). The van der Waals surface area contributed by atoms with Gasteiger partial charge in [0.2, 0.25) is 0 Å². The predicted octanol–water partition coefficient (Wildman–Crippen LogP) is 3.87. The summed E-state index contributed by atoms with van der Waals surface area (Å²) in [6.07, 6.45) is 3.36. The van der Waals surface area contributed by atoms with Gasteiger partial charge in [-0.25, -0.2) is 9.18 Å². The van der Waals surface area contributed by atoms with Crippen molar-refractivity contribution in [1.82, 2.24) is 4.57 Å². The third-order valence-corrected chi connectivity index (χ3v) is 3.46. The zero-order chi connectivity index (χ0) is 16.8. The van der Waals surface area contributed by atoms with E-state index in [9.17, 15) is 9.18 Å². The third kappa shape index (κ3) is 3.95. The first-order chi connectivity index (χ1) is 11.7. The Balaban J connectivity index is 1.65. The highest BCUT2D eigenvalue weighted by atomic mass is 19.1. The Morgan fingerprint density at radius 2 is 1.79 bits per heavy atom. The second kappa shape index (κ2) is 7.37. The molecule has 2 aromatic carbocycles. The molecule has 0 radical (unpaired) electrons. The highest BCUT2D eigenvalue weighted by Crippen LogP contribution is 2.08. The van der Waals surface area contributed by atoms with E-state index in [1.165, 1.54) is 18.3 Å². The number of benzene rings is 2. The van der Waals surface area contributed by atoms with Crippen molar-refractivity contribution in [3.8, 4) is 0 Å². The van der Waals surface area contributed by atoms with Crippen LogP contribution in [0.5, 0.6) is 0 Å². The van der Waals surface area contributed by atoms with Gasteiger partial charge in [-0.05, 0) is 42.0 Å². The molecule has 0 aliphatic rings. The fourth-order valence-corrected chi connectivity index (χ4v) is 2.23. The van der Waals surface area contributed by atoms with E-state index < -0.39 is 5.97 Å². The zero-order valence-corrected chi connectivity index (χ0v) is 12.8. The van der Waals surface area contributed by atoms with Crippen molar-refractivity contribution in [2.45, 2.75) is 6.54 Å². The summed E-state index contributed by atoms with van der Waals surface area (Å²) in [5.41, 5.74) is 2.18. The van der Waals surface area contributed by atoms with Crippen molar-refractivity contribution in [3.63, 3.8) is 0 Å². The van der Waals surface area contributed by atoms with Crippen LogP contribution in [-0.2, 0) is 11.4 Å². The minimum Gasteiger partial charge on any atom is -0.342 e. The molecular weight excluding hydrogens is 307 g/mol. The quantitative estimate of drug-likeness (QED) is 0.407. The lowest BCUT2D eigenvalue weighted by Gasteiger charge is -2.06. The Morgan fingerprint density at radius 3 is 2.54 bits per heavy atom. The van der Waals surface area contributed by atoms with Gasteiger partial charge in [-0.2, -0.15) is 0 Å². The van der Waals surface area contributed by atoms with Crippen LogP contribution in [0.4, 0.5) is 4.39 Å². The summed E-state index contributed by atoms with van der Waals surface area (Å²) in [6.45, 7) is 0.571. The van der Waals surface area contributed by atoms with Gasteiger partial charge < -0.3 is 9.40 Å². The monoisotopic (exact) mass is 322 g/mol. The summed E-state index contributed by atoms with van der Waals surface area (Å²) in [4.78, 5) is 16.7. The van der Waals surface area contributed by atoms with Crippen LogP contribution in [0.2, 0.25) is 0 Å². The van der Waals surface area contributed by atoms with Crippen LogP contribution in [-0.4, -0.2) is 16.8 Å². The molecule has 0 aliphatic carbocycles. The van der Waals surface area contributed by atoms with Gasteiger partial charge >= 0.3 is 5.97 Å². The Morgan fingerprint density at radius 1 is 1.04 bits per heavy atom. The van der Waals surface area contributed by atoms with E-state index in [1.54, 1.807) is 36.4 Å². The lowest BCUT2D eigenvalue weighted by atomic mass is 10.2. The maximum atomic E-state index is 13.0. The number of rotatable bonds is 5. The number of aromatic nitrogens is 1. The fraction of sp³-hybridized carbons (Fsp3) is 0.0526. The van der Waals surface area contributed by atoms with Gasteiger partial charge in [-0.15, -0.1) is 0 Å². The molecule has 24 heavy (non-hydrogen) atoms. The summed E-state index contributed by atoms with van der Waals surface area (Å²) in [5.74, 6) is -0.774. The number of oxime groups is 1. The summed E-state index contributed by atoms with van der Waals surface area (Å²) >= 11 is 0. The Bertz CT molecular complexity index is 839. The van der Waals surface area contributed by atoms with Crippen LogP contribution >= 0.6 is 0 Å². The summed E-state index contributed by atoms with van der Waals surface area (Å²) in [7, 11) is 0. The minimum atomic E-state index is -0.511. The van der Waals surface area contributed by atoms with Crippen LogP contribution in [0.25, 0.3) is 0 Å². The third-order valence-electron chi connectivity index (χ3n) is 3.46. The van der Waals surface area contributed by atoms with Crippen LogP contribution in [0.15, 0.2) is 78.1 Å². The van der Waals surface area contributed by atoms with Crippen molar-refractivity contribution < 1.29 is 14.0 Å². The molecule has 0 atom stereocenters. The summed E-state index contributed by atoms with van der Waals surface area (Å²) in [6, 6.07) is 18.7. The normalized spacial score (nSPS) is 10.9. The molecule has 1 aromatic heterocycles. The molecule has 0 spiro atoms. The molecule has 120 valence electrons. The van der Waals surface area contributed by atoms with Crippen molar-refractivity contribution in [2.75, 3.05) is 0 Å². The molecular formula is C19H15FN2O2. The number of halogens is 1. The van der Waals surface area contributed by atoms with Gasteiger partial charge in [-0.3, -0.25) is 0 Å². The SMILES string of the molecule is O=C(ON=Cc1cccn1Cc1ccc(F)cc1)c1ccccc1. The average molecular weight is 322 g/mol. The number of hydrogen-bond acceptors (Lipinski definition) is 3. The van der Waals surface area contributed by atoms with Gasteiger partial charge in [-0.1, -0.05) is 35.5 Å². The highest BCUT2D eigenvalue weighted by Gasteiger charge is 2.05. The van der Waals surface area contributed by atoms with E-state index in [0.717, 1.165) is 11.3 Å². The van der Waals surface area contributed by atoms with Crippen LogP contribution in [0.3, 0.4) is 0 Å². The topological polar surface area (TPSA) is 43.6 Å². The standard InChI is InChI=1S/C19H15FN2O2/c20-17-10-8-15(9-11-17)14-22-12-4-7-18(22)13-21-24-19(23)16-5-2-1-3-6-16/h1-13H,14H2. The van der Waals surface area contributed by atoms with E-state index in [-0.39, 0.29) is 5.82 Å². The maximum Gasteiger partial charge on any atom is 0.365 e. The summed E-state index contributed by atoms with van der Waals surface area (Å²) in [5, 5.41) is 3.75. The molecule has 0 N–H and O–H groups in total. The first-order valence-corrected chi connectivity index (χ1v) is 7.42. The first kappa shape index (κ1) is 15.7. The number of hydrogen-bond donors (Lipinski definition) is 0. The largest absolute Gasteiger partial charge is 0.365 e. The lowest BCUT2D eigenvalue weighted by Crippen LogP contribution is -2.04. The highest BCUT2D eigenvalue weighted by molar-refractivity contribution is 5.89. The molecule has 0 amide bonds. The molecule has 0 unspecified atom stereocenters.